The minimum Gasteiger partial charge on any atom is -0.491 e. The van der Waals surface area contributed by atoms with Gasteiger partial charge < -0.3 is 26.3 Å². The van der Waals surface area contributed by atoms with Crippen LogP contribution in [0.25, 0.3) is 0 Å². The Kier molecular flexibility index (Phi) is 5.13. The highest BCUT2D eigenvalue weighted by atomic mass is 16.5. The monoisotopic (exact) mass is 307 g/mol. The Morgan fingerprint density at radius 2 is 2.18 bits per heavy atom. The first-order valence-corrected chi connectivity index (χ1v) is 7.63. The smallest absolute Gasteiger partial charge is 0.248 e. The Morgan fingerprint density at radius 1 is 1.45 bits per heavy atom. The summed E-state index contributed by atoms with van der Waals surface area (Å²) in [5, 5.41) is 3.25. The second-order valence-electron chi connectivity index (χ2n) is 6.13. The first-order chi connectivity index (χ1) is 10.4. The van der Waals surface area contributed by atoms with E-state index < -0.39 is 5.91 Å². The van der Waals surface area contributed by atoms with Gasteiger partial charge in [-0.25, -0.2) is 0 Å². The van der Waals surface area contributed by atoms with Crippen molar-refractivity contribution in [2.24, 2.45) is 11.1 Å². The van der Waals surface area contributed by atoms with Crippen LogP contribution in [0.15, 0.2) is 12.1 Å². The molecule has 0 aliphatic carbocycles. The van der Waals surface area contributed by atoms with Crippen molar-refractivity contribution in [1.29, 1.82) is 0 Å². The number of anilines is 2. The fourth-order valence-corrected chi connectivity index (χ4v) is 2.33. The summed E-state index contributed by atoms with van der Waals surface area (Å²) in [6.07, 6.45) is 1.85. The van der Waals surface area contributed by atoms with Crippen molar-refractivity contribution in [3.05, 3.63) is 17.7 Å². The molecule has 1 aromatic carbocycles. The summed E-state index contributed by atoms with van der Waals surface area (Å²) in [7, 11) is 0. The summed E-state index contributed by atoms with van der Waals surface area (Å²) in [6.45, 7) is 7.09. The second-order valence-corrected chi connectivity index (χ2v) is 6.13. The number of benzene rings is 1. The number of primary amides is 1. The summed E-state index contributed by atoms with van der Waals surface area (Å²) in [5.41, 5.74) is 13.1. The highest BCUT2D eigenvalue weighted by molar-refractivity contribution is 5.96. The quantitative estimate of drug-likeness (QED) is 0.638. The largest absolute Gasteiger partial charge is 0.491 e. The van der Waals surface area contributed by atoms with Crippen LogP contribution in [0.5, 0.6) is 5.75 Å². The molecule has 6 nitrogen and oxygen atoms in total. The number of hydrogen-bond acceptors (Lipinski definition) is 5. The van der Waals surface area contributed by atoms with E-state index in [1.807, 2.05) is 0 Å². The first-order valence-electron chi connectivity index (χ1n) is 7.63. The Balaban J connectivity index is 2.12. The van der Waals surface area contributed by atoms with Gasteiger partial charge in [-0.3, -0.25) is 4.79 Å². The van der Waals surface area contributed by atoms with Gasteiger partial charge in [0.1, 0.15) is 11.4 Å². The second kappa shape index (κ2) is 6.87. The molecule has 6 heteroatoms. The summed E-state index contributed by atoms with van der Waals surface area (Å²) in [5.74, 6) is 0.0593. The number of carbonyl (C=O) groups is 1. The predicted octanol–water partition coefficient (Wildman–Crippen LogP) is 1.99. The number of amides is 1. The number of rotatable bonds is 8. The number of hydrogen-bond donors (Lipinski definition) is 3. The first kappa shape index (κ1) is 16.4. The Hall–Kier alpha value is -1.95. The van der Waals surface area contributed by atoms with Gasteiger partial charge in [0, 0.05) is 17.5 Å². The lowest BCUT2D eigenvalue weighted by Gasteiger charge is -2.38. The van der Waals surface area contributed by atoms with Crippen molar-refractivity contribution >= 4 is 17.3 Å². The Bertz CT molecular complexity index is 542. The molecular weight excluding hydrogens is 282 g/mol. The van der Waals surface area contributed by atoms with E-state index in [0.29, 0.717) is 23.6 Å². The Labute approximate surface area is 131 Å². The molecule has 5 N–H and O–H groups in total. The number of ether oxygens (including phenoxy) is 2. The number of nitrogens with two attached hydrogens (primary N) is 2. The summed E-state index contributed by atoms with van der Waals surface area (Å²) >= 11 is 0. The highest BCUT2D eigenvalue weighted by Gasteiger charge is 2.33. The zero-order chi connectivity index (χ0) is 16.2. The molecule has 1 aliphatic rings. The van der Waals surface area contributed by atoms with Crippen LogP contribution >= 0.6 is 0 Å². The van der Waals surface area contributed by atoms with Crippen LogP contribution in [0.1, 0.15) is 37.0 Å². The van der Waals surface area contributed by atoms with Crippen LogP contribution < -0.4 is 21.5 Å². The molecule has 1 aliphatic heterocycles. The van der Waals surface area contributed by atoms with Crippen molar-refractivity contribution in [1.82, 2.24) is 0 Å². The van der Waals surface area contributed by atoms with Gasteiger partial charge in [0.2, 0.25) is 5.91 Å². The molecule has 1 aromatic rings. The zero-order valence-electron chi connectivity index (χ0n) is 13.3. The van der Waals surface area contributed by atoms with Crippen molar-refractivity contribution in [2.75, 3.05) is 37.4 Å². The lowest BCUT2D eigenvalue weighted by atomic mass is 9.85. The van der Waals surface area contributed by atoms with Gasteiger partial charge >= 0.3 is 0 Å². The van der Waals surface area contributed by atoms with Crippen LogP contribution in [-0.2, 0) is 4.74 Å². The number of carbonyl (C=O) groups excluding carboxylic acids is 1. The van der Waals surface area contributed by atoms with Gasteiger partial charge in [-0.1, -0.05) is 13.8 Å². The average Bonchev–Trinajstić information content (AvgIpc) is 2.44. The minimum atomic E-state index is -0.516. The zero-order valence-corrected chi connectivity index (χ0v) is 13.3. The number of nitrogen functional groups attached to an aromatic ring is 1. The van der Waals surface area contributed by atoms with Crippen LogP contribution in [0, 0.1) is 5.41 Å². The minimum absolute atomic E-state index is 0.184. The molecule has 0 spiro atoms. The molecule has 0 atom stereocenters. The molecule has 0 unspecified atom stereocenters. The molecule has 0 aromatic heterocycles. The van der Waals surface area contributed by atoms with E-state index in [2.05, 4.69) is 19.2 Å². The van der Waals surface area contributed by atoms with Crippen molar-refractivity contribution in [3.63, 3.8) is 0 Å². The van der Waals surface area contributed by atoms with E-state index in [1.165, 1.54) is 0 Å². The molecule has 0 saturated carbocycles. The molecule has 1 amide bonds. The van der Waals surface area contributed by atoms with Crippen LogP contribution in [-0.4, -0.2) is 32.3 Å². The van der Waals surface area contributed by atoms with E-state index in [0.717, 1.165) is 38.3 Å². The van der Waals surface area contributed by atoms with E-state index in [1.54, 1.807) is 12.1 Å². The Morgan fingerprint density at radius 3 is 2.73 bits per heavy atom. The van der Waals surface area contributed by atoms with Gasteiger partial charge in [0.25, 0.3) is 0 Å². The number of nitrogens with one attached hydrogen (secondary N) is 1. The van der Waals surface area contributed by atoms with Crippen LogP contribution in [0.3, 0.4) is 0 Å². The van der Waals surface area contributed by atoms with Crippen molar-refractivity contribution in [2.45, 2.75) is 26.7 Å². The normalized spacial score (nSPS) is 15.9. The van der Waals surface area contributed by atoms with Gasteiger partial charge in [0.05, 0.1) is 25.5 Å². The lowest BCUT2D eigenvalue weighted by Crippen LogP contribution is -2.40. The SMILES string of the molecule is CCCNc1c(N)cc(C(N)=O)cc1OCCC1(C)COC1. The van der Waals surface area contributed by atoms with E-state index in [9.17, 15) is 4.79 Å². The lowest BCUT2D eigenvalue weighted by molar-refractivity contribution is -0.109. The molecule has 1 heterocycles. The van der Waals surface area contributed by atoms with Crippen LogP contribution in [0.4, 0.5) is 11.4 Å². The summed E-state index contributed by atoms with van der Waals surface area (Å²) in [4.78, 5) is 11.4. The third-order valence-electron chi connectivity index (χ3n) is 3.83. The van der Waals surface area contributed by atoms with E-state index in [4.69, 9.17) is 20.9 Å². The third-order valence-corrected chi connectivity index (χ3v) is 3.83. The van der Waals surface area contributed by atoms with Gasteiger partial charge in [-0.15, -0.1) is 0 Å². The fraction of sp³-hybridized carbons (Fsp3) is 0.562. The maximum Gasteiger partial charge on any atom is 0.248 e. The third kappa shape index (κ3) is 3.82. The standard InChI is InChI=1S/C16H25N3O3/c1-3-5-19-14-12(17)7-11(15(18)20)8-13(14)22-6-4-16(2)9-21-10-16/h7-8,19H,3-6,9-10,17H2,1-2H3,(H2,18,20). The molecule has 1 saturated heterocycles. The summed E-state index contributed by atoms with van der Waals surface area (Å²) < 4.78 is 11.1. The molecule has 1 fully saturated rings. The van der Waals surface area contributed by atoms with Gasteiger partial charge in [-0.05, 0) is 25.0 Å². The summed E-state index contributed by atoms with van der Waals surface area (Å²) in [6, 6.07) is 3.23. The maximum absolute atomic E-state index is 11.4. The molecule has 122 valence electrons. The maximum atomic E-state index is 11.4. The van der Waals surface area contributed by atoms with Gasteiger partial charge in [0.15, 0.2) is 0 Å². The van der Waals surface area contributed by atoms with Gasteiger partial charge in [-0.2, -0.15) is 0 Å². The molecule has 2 rings (SSSR count). The molecule has 0 bridgehead atoms. The molecular formula is C16H25N3O3. The average molecular weight is 307 g/mol. The van der Waals surface area contributed by atoms with E-state index >= 15 is 0 Å². The molecule has 22 heavy (non-hydrogen) atoms. The predicted molar refractivity (Wildman–Crippen MR) is 87.2 cm³/mol. The molecule has 0 radical (unpaired) electrons. The highest BCUT2D eigenvalue weighted by Crippen LogP contribution is 2.34. The van der Waals surface area contributed by atoms with E-state index in [-0.39, 0.29) is 5.41 Å². The topological polar surface area (TPSA) is 99.6 Å². The van der Waals surface area contributed by atoms with Crippen LogP contribution in [0.2, 0.25) is 0 Å². The van der Waals surface area contributed by atoms with Crippen molar-refractivity contribution < 1.29 is 14.3 Å². The fourth-order valence-electron chi connectivity index (χ4n) is 2.33. The van der Waals surface area contributed by atoms with Crippen molar-refractivity contribution in [3.8, 4) is 5.75 Å².